The fraction of sp³-hybridized carbons (Fsp3) is 0.200. The van der Waals surface area contributed by atoms with Gasteiger partial charge in [-0.3, -0.25) is 0 Å². The first-order chi connectivity index (χ1) is 6.29. The molecule has 0 aromatic carbocycles. The fourth-order valence-corrected chi connectivity index (χ4v) is 2.12. The van der Waals surface area contributed by atoms with Gasteiger partial charge >= 0.3 is 0 Å². The molecule has 0 bridgehead atoms. The molecule has 2 heterocycles. The molecule has 0 aliphatic heterocycles. The monoisotopic (exact) mass is 192 g/mol. The van der Waals surface area contributed by atoms with E-state index in [0.29, 0.717) is 0 Å². The van der Waals surface area contributed by atoms with E-state index >= 15 is 0 Å². The molecule has 2 nitrogen and oxygen atoms in total. The molecular formula is C10H12N2S. The number of rotatable bonds is 2. The Labute approximate surface area is 81.6 Å². The third kappa shape index (κ3) is 1.53. The Hall–Kier alpha value is -1.06. The zero-order chi connectivity index (χ0) is 9.26. The van der Waals surface area contributed by atoms with Crippen LogP contribution >= 0.6 is 11.3 Å². The summed E-state index contributed by atoms with van der Waals surface area (Å²) >= 11 is 1.68. The van der Waals surface area contributed by atoms with Gasteiger partial charge in [-0.1, -0.05) is 0 Å². The maximum Gasteiger partial charge on any atom is 0.0714 e. The molecule has 2 aromatic heterocycles. The van der Waals surface area contributed by atoms with Crippen LogP contribution in [0.4, 0.5) is 0 Å². The summed E-state index contributed by atoms with van der Waals surface area (Å²) in [5.41, 5.74) is 8.43. The molecule has 0 unspecified atom stereocenters. The van der Waals surface area contributed by atoms with Crippen molar-refractivity contribution in [3.63, 3.8) is 0 Å². The smallest absolute Gasteiger partial charge is 0.0714 e. The van der Waals surface area contributed by atoms with Gasteiger partial charge in [0.15, 0.2) is 0 Å². The Morgan fingerprint density at radius 3 is 2.85 bits per heavy atom. The molecule has 2 aromatic rings. The van der Waals surface area contributed by atoms with Gasteiger partial charge in [-0.15, -0.1) is 0 Å². The predicted octanol–water partition coefficient (Wildman–Crippen LogP) is 2.13. The van der Waals surface area contributed by atoms with E-state index < -0.39 is 0 Å². The molecule has 3 heteroatoms. The van der Waals surface area contributed by atoms with Crippen LogP contribution in [0.1, 0.15) is 17.3 Å². The summed E-state index contributed by atoms with van der Waals surface area (Å²) < 4.78 is 2.06. The molecule has 0 saturated heterocycles. The number of aromatic nitrogens is 1. The van der Waals surface area contributed by atoms with Gasteiger partial charge in [0.1, 0.15) is 0 Å². The number of hydrogen-bond acceptors (Lipinski definition) is 2. The van der Waals surface area contributed by atoms with E-state index in [1.165, 1.54) is 5.56 Å². The van der Waals surface area contributed by atoms with E-state index in [1.54, 1.807) is 11.3 Å². The molecule has 0 spiro atoms. The third-order valence-electron chi connectivity index (χ3n) is 2.20. The summed E-state index contributed by atoms with van der Waals surface area (Å²) in [6, 6.07) is 6.15. The number of hydrogen-bond donors (Lipinski definition) is 1. The summed E-state index contributed by atoms with van der Waals surface area (Å²) in [6.45, 7) is 0. The summed E-state index contributed by atoms with van der Waals surface area (Å²) in [4.78, 5) is 0. The molecule has 0 aliphatic rings. The first-order valence-corrected chi connectivity index (χ1v) is 5.12. The maximum atomic E-state index is 6.09. The molecule has 0 amide bonds. The average molecular weight is 192 g/mol. The minimum Gasteiger partial charge on any atom is -0.353 e. The van der Waals surface area contributed by atoms with Crippen molar-refractivity contribution in [3.8, 4) is 0 Å². The van der Waals surface area contributed by atoms with E-state index in [4.69, 9.17) is 5.73 Å². The third-order valence-corrected chi connectivity index (χ3v) is 2.91. The van der Waals surface area contributed by atoms with Crippen LogP contribution in [0.2, 0.25) is 0 Å². The Morgan fingerprint density at radius 1 is 1.46 bits per heavy atom. The highest BCUT2D eigenvalue weighted by molar-refractivity contribution is 7.07. The SMILES string of the molecule is Cn1cccc1[C@@H](N)c1ccsc1. The van der Waals surface area contributed by atoms with Crippen LogP contribution in [0.5, 0.6) is 0 Å². The van der Waals surface area contributed by atoms with Crippen LogP contribution in [0, 0.1) is 0 Å². The lowest BCUT2D eigenvalue weighted by Gasteiger charge is -2.10. The summed E-state index contributed by atoms with van der Waals surface area (Å²) in [6.07, 6.45) is 2.02. The highest BCUT2D eigenvalue weighted by Crippen LogP contribution is 2.21. The maximum absolute atomic E-state index is 6.09. The van der Waals surface area contributed by atoms with Crippen LogP contribution in [-0.2, 0) is 7.05 Å². The van der Waals surface area contributed by atoms with Crippen molar-refractivity contribution in [1.29, 1.82) is 0 Å². The van der Waals surface area contributed by atoms with E-state index in [-0.39, 0.29) is 6.04 Å². The second-order valence-corrected chi connectivity index (χ2v) is 3.86. The van der Waals surface area contributed by atoms with Gasteiger partial charge in [-0.25, -0.2) is 0 Å². The lowest BCUT2D eigenvalue weighted by molar-refractivity contribution is 0.749. The van der Waals surface area contributed by atoms with Crippen molar-refractivity contribution in [2.75, 3.05) is 0 Å². The second-order valence-electron chi connectivity index (χ2n) is 3.08. The normalized spacial score (nSPS) is 13.1. The average Bonchev–Trinajstić information content (AvgIpc) is 2.72. The van der Waals surface area contributed by atoms with Crippen molar-refractivity contribution in [3.05, 3.63) is 46.4 Å². The van der Waals surface area contributed by atoms with Crippen LogP contribution in [0.25, 0.3) is 0 Å². The Morgan fingerprint density at radius 2 is 2.31 bits per heavy atom. The van der Waals surface area contributed by atoms with Crippen LogP contribution in [0.3, 0.4) is 0 Å². The van der Waals surface area contributed by atoms with Gasteiger partial charge in [0.05, 0.1) is 6.04 Å². The van der Waals surface area contributed by atoms with E-state index in [2.05, 4.69) is 27.5 Å². The molecule has 2 rings (SSSR count). The molecule has 0 fully saturated rings. The van der Waals surface area contributed by atoms with Gasteiger partial charge in [-0.2, -0.15) is 11.3 Å². The quantitative estimate of drug-likeness (QED) is 0.776. The minimum absolute atomic E-state index is 0.00579. The Kier molecular flexibility index (Phi) is 2.20. The summed E-state index contributed by atoms with van der Waals surface area (Å²) in [5.74, 6) is 0. The second kappa shape index (κ2) is 3.36. The van der Waals surface area contributed by atoms with Gasteiger partial charge in [0, 0.05) is 18.9 Å². The number of thiophene rings is 1. The van der Waals surface area contributed by atoms with Gasteiger partial charge in [0.25, 0.3) is 0 Å². The first-order valence-electron chi connectivity index (χ1n) is 4.18. The largest absolute Gasteiger partial charge is 0.353 e. The van der Waals surface area contributed by atoms with Crippen LogP contribution in [-0.4, -0.2) is 4.57 Å². The number of nitrogens with two attached hydrogens (primary N) is 1. The van der Waals surface area contributed by atoms with Gasteiger partial charge in [-0.05, 0) is 34.5 Å². The Bertz CT molecular complexity index is 375. The van der Waals surface area contributed by atoms with Crippen molar-refractivity contribution in [2.45, 2.75) is 6.04 Å². The fourth-order valence-electron chi connectivity index (χ4n) is 1.42. The molecule has 2 N–H and O–H groups in total. The van der Waals surface area contributed by atoms with E-state index in [1.807, 2.05) is 19.3 Å². The van der Waals surface area contributed by atoms with Gasteiger partial charge < -0.3 is 10.3 Å². The van der Waals surface area contributed by atoms with Crippen molar-refractivity contribution in [2.24, 2.45) is 12.8 Å². The summed E-state index contributed by atoms with van der Waals surface area (Å²) in [7, 11) is 2.02. The predicted molar refractivity (Wildman–Crippen MR) is 55.8 cm³/mol. The number of nitrogens with zero attached hydrogens (tertiary/aromatic N) is 1. The standard InChI is InChI=1S/C10H12N2S/c1-12-5-2-3-9(12)10(11)8-4-6-13-7-8/h2-7,10H,11H2,1H3/t10-/m0/s1. The molecule has 1 atom stereocenters. The van der Waals surface area contributed by atoms with Crippen LogP contribution in [0.15, 0.2) is 35.2 Å². The number of aryl methyl sites for hydroxylation is 1. The molecule has 0 saturated carbocycles. The van der Waals surface area contributed by atoms with Crippen LogP contribution < -0.4 is 5.73 Å². The molecule has 0 aliphatic carbocycles. The highest BCUT2D eigenvalue weighted by atomic mass is 32.1. The van der Waals surface area contributed by atoms with Crippen molar-refractivity contribution < 1.29 is 0 Å². The zero-order valence-corrected chi connectivity index (χ0v) is 8.29. The first kappa shape index (κ1) is 8.53. The van der Waals surface area contributed by atoms with Crippen molar-refractivity contribution in [1.82, 2.24) is 4.57 Å². The van der Waals surface area contributed by atoms with E-state index in [9.17, 15) is 0 Å². The molecular weight excluding hydrogens is 180 g/mol. The van der Waals surface area contributed by atoms with E-state index in [0.717, 1.165) is 5.69 Å². The minimum atomic E-state index is 0.00579. The van der Waals surface area contributed by atoms with Gasteiger partial charge in [0.2, 0.25) is 0 Å². The Balaban J connectivity index is 2.33. The molecule has 68 valence electrons. The lowest BCUT2D eigenvalue weighted by atomic mass is 10.1. The zero-order valence-electron chi connectivity index (χ0n) is 7.47. The highest BCUT2D eigenvalue weighted by Gasteiger charge is 2.10. The molecule has 13 heavy (non-hydrogen) atoms. The molecule has 0 radical (unpaired) electrons. The summed E-state index contributed by atoms with van der Waals surface area (Å²) in [5, 5.41) is 4.15. The van der Waals surface area contributed by atoms with Crippen molar-refractivity contribution >= 4 is 11.3 Å². The lowest BCUT2D eigenvalue weighted by Crippen LogP contribution is -2.14. The topological polar surface area (TPSA) is 30.9 Å².